The lowest BCUT2D eigenvalue weighted by Crippen LogP contribution is -2.12. The number of rotatable bonds is 7. The fraction of sp³-hybridized carbons (Fsp3) is 0.500. The van der Waals surface area contributed by atoms with E-state index in [2.05, 4.69) is 32.2 Å². The lowest BCUT2D eigenvalue weighted by molar-refractivity contribution is 0.219. The average Bonchev–Trinajstić information content (AvgIpc) is 2.88. The van der Waals surface area contributed by atoms with E-state index >= 15 is 0 Å². The van der Waals surface area contributed by atoms with Crippen molar-refractivity contribution in [2.75, 3.05) is 11.9 Å². The molecular formula is C12H17N5OS2. The minimum atomic E-state index is 0.0223. The molecule has 108 valence electrons. The maximum atomic E-state index is 5.56. The number of thiazole rings is 1. The molecule has 0 unspecified atom stereocenters. The third-order valence-electron chi connectivity index (χ3n) is 2.06. The molecule has 2 rings (SSSR count). The highest BCUT2D eigenvalue weighted by Gasteiger charge is 2.11. The van der Waals surface area contributed by atoms with Gasteiger partial charge in [0.2, 0.25) is 11.1 Å². The Balaban J connectivity index is 2.19. The van der Waals surface area contributed by atoms with Crippen LogP contribution in [-0.4, -0.2) is 32.6 Å². The SMILES string of the molecule is CCCNc1nc(OC(C)C)nc(Sc2nccs2)n1. The molecule has 1 N–H and O–H groups in total. The monoisotopic (exact) mass is 311 g/mol. The van der Waals surface area contributed by atoms with Crippen LogP contribution in [0, 0.1) is 0 Å². The van der Waals surface area contributed by atoms with Crippen molar-refractivity contribution >= 4 is 29.0 Å². The standard InChI is InChI=1S/C12H17N5OS2/c1-4-5-13-9-15-10(18-8(2)3)17-11(16-9)20-12-14-6-7-19-12/h6-8H,4-5H2,1-3H3,(H,13,15,16,17). The van der Waals surface area contributed by atoms with Gasteiger partial charge < -0.3 is 10.1 Å². The number of nitrogens with zero attached hydrogens (tertiary/aromatic N) is 4. The third-order valence-corrected chi connectivity index (χ3v) is 3.81. The molecule has 6 nitrogen and oxygen atoms in total. The maximum absolute atomic E-state index is 5.56. The first-order valence-corrected chi connectivity index (χ1v) is 8.11. The lowest BCUT2D eigenvalue weighted by atomic mass is 10.5. The Bertz CT molecular complexity index is 533. The van der Waals surface area contributed by atoms with Crippen LogP contribution in [0.15, 0.2) is 21.1 Å². The number of anilines is 1. The predicted octanol–water partition coefficient (Wildman–Crippen LogP) is 3.09. The van der Waals surface area contributed by atoms with Gasteiger partial charge in [0, 0.05) is 18.1 Å². The van der Waals surface area contributed by atoms with Crippen molar-refractivity contribution in [1.82, 2.24) is 19.9 Å². The first-order chi connectivity index (χ1) is 9.67. The maximum Gasteiger partial charge on any atom is 0.322 e. The fourth-order valence-corrected chi connectivity index (χ4v) is 2.77. The molecule has 2 aromatic rings. The number of ether oxygens (including phenoxy) is 1. The summed E-state index contributed by atoms with van der Waals surface area (Å²) in [6.45, 7) is 6.78. The van der Waals surface area contributed by atoms with Crippen LogP contribution in [-0.2, 0) is 0 Å². The summed E-state index contributed by atoms with van der Waals surface area (Å²) in [4.78, 5) is 17.1. The molecule has 0 saturated heterocycles. The van der Waals surface area contributed by atoms with Gasteiger partial charge in [0.15, 0.2) is 4.34 Å². The van der Waals surface area contributed by atoms with Gasteiger partial charge in [0.25, 0.3) is 0 Å². The molecule has 0 aliphatic heterocycles. The van der Waals surface area contributed by atoms with E-state index in [4.69, 9.17) is 4.74 Å². The van der Waals surface area contributed by atoms with E-state index in [0.717, 1.165) is 17.3 Å². The predicted molar refractivity (Wildman–Crippen MR) is 80.6 cm³/mol. The van der Waals surface area contributed by atoms with Crippen molar-refractivity contribution in [3.8, 4) is 6.01 Å². The van der Waals surface area contributed by atoms with E-state index in [9.17, 15) is 0 Å². The van der Waals surface area contributed by atoms with Gasteiger partial charge in [0.05, 0.1) is 6.10 Å². The summed E-state index contributed by atoms with van der Waals surface area (Å²) in [6, 6.07) is 0.340. The van der Waals surface area contributed by atoms with Gasteiger partial charge in [-0.15, -0.1) is 11.3 Å². The molecule has 2 aromatic heterocycles. The molecule has 0 aromatic carbocycles. The number of hydrogen-bond acceptors (Lipinski definition) is 8. The van der Waals surface area contributed by atoms with E-state index in [-0.39, 0.29) is 6.10 Å². The topological polar surface area (TPSA) is 72.8 Å². The third kappa shape index (κ3) is 4.61. The van der Waals surface area contributed by atoms with Crippen molar-refractivity contribution in [2.24, 2.45) is 0 Å². The Morgan fingerprint density at radius 1 is 1.35 bits per heavy atom. The average molecular weight is 311 g/mol. The van der Waals surface area contributed by atoms with Crippen LogP contribution < -0.4 is 10.1 Å². The Morgan fingerprint density at radius 3 is 2.85 bits per heavy atom. The van der Waals surface area contributed by atoms with Crippen LogP contribution in [0.25, 0.3) is 0 Å². The second kappa shape index (κ2) is 7.39. The summed E-state index contributed by atoms with van der Waals surface area (Å²) in [5.41, 5.74) is 0. The summed E-state index contributed by atoms with van der Waals surface area (Å²) in [5.74, 6) is 0.538. The summed E-state index contributed by atoms with van der Waals surface area (Å²) in [6.07, 6.45) is 2.78. The van der Waals surface area contributed by atoms with Gasteiger partial charge in [-0.05, 0) is 32.0 Å². The zero-order chi connectivity index (χ0) is 14.4. The lowest BCUT2D eigenvalue weighted by Gasteiger charge is -2.10. The summed E-state index contributed by atoms with van der Waals surface area (Å²) in [7, 11) is 0. The fourth-order valence-electron chi connectivity index (χ4n) is 1.30. The Morgan fingerprint density at radius 2 is 2.20 bits per heavy atom. The van der Waals surface area contributed by atoms with Crippen LogP contribution in [0.3, 0.4) is 0 Å². The van der Waals surface area contributed by atoms with Gasteiger partial charge in [-0.2, -0.15) is 15.0 Å². The van der Waals surface area contributed by atoms with Crippen molar-refractivity contribution in [1.29, 1.82) is 0 Å². The first-order valence-electron chi connectivity index (χ1n) is 6.41. The second-order valence-corrected chi connectivity index (χ2v) is 6.33. The molecule has 0 spiro atoms. The number of aromatic nitrogens is 4. The van der Waals surface area contributed by atoms with Gasteiger partial charge in [0.1, 0.15) is 0 Å². The smallest absolute Gasteiger partial charge is 0.322 e. The number of hydrogen-bond donors (Lipinski definition) is 1. The van der Waals surface area contributed by atoms with E-state index < -0.39 is 0 Å². The summed E-state index contributed by atoms with van der Waals surface area (Å²) >= 11 is 2.96. The first kappa shape index (κ1) is 15.0. The van der Waals surface area contributed by atoms with Crippen LogP contribution in [0.2, 0.25) is 0 Å². The summed E-state index contributed by atoms with van der Waals surface area (Å²) < 4.78 is 6.46. The zero-order valence-corrected chi connectivity index (χ0v) is 13.3. The Labute approximate surface area is 126 Å². The van der Waals surface area contributed by atoms with Crippen molar-refractivity contribution in [3.05, 3.63) is 11.6 Å². The highest BCUT2D eigenvalue weighted by Crippen LogP contribution is 2.27. The van der Waals surface area contributed by atoms with Crippen LogP contribution in [0.5, 0.6) is 6.01 Å². The zero-order valence-electron chi connectivity index (χ0n) is 11.7. The highest BCUT2D eigenvalue weighted by molar-refractivity contribution is 8.00. The normalized spacial score (nSPS) is 10.8. The molecule has 0 aliphatic rings. The molecule has 0 aliphatic carbocycles. The van der Waals surface area contributed by atoms with Gasteiger partial charge in [-0.3, -0.25) is 0 Å². The molecule has 8 heteroatoms. The van der Waals surface area contributed by atoms with Gasteiger partial charge in [-0.25, -0.2) is 4.98 Å². The molecule has 0 amide bonds. The van der Waals surface area contributed by atoms with Crippen molar-refractivity contribution < 1.29 is 4.74 Å². The molecule has 0 fully saturated rings. The largest absolute Gasteiger partial charge is 0.461 e. The van der Waals surface area contributed by atoms with Crippen molar-refractivity contribution in [3.63, 3.8) is 0 Å². The molecular weight excluding hydrogens is 294 g/mol. The van der Waals surface area contributed by atoms with Crippen LogP contribution in [0.1, 0.15) is 27.2 Å². The van der Waals surface area contributed by atoms with E-state index in [1.807, 2.05) is 19.2 Å². The van der Waals surface area contributed by atoms with Gasteiger partial charge in [-0.1, -0.05) is 6.92 Å². The van der Waals surface area contributed by atoms with Crippen LogP contribution in [0.4, 0.5) is 5.95 Å². The molecule has 0 radical (unpaired) electrons. The number of nitrogens with one attached hydrogen (secondary N) is 1. The summed E-state index contributed by atoms with van der Waals surface area (Å²) in [5, 5.41) is 5.66. The molecule has 20 heavy (non-hydrogen) atoms. The molecule has 0 atom stereocenters. The van der Waals surface area contributed by atoms with E-state index in [1.165, 1.54) is 11.8 Å². The Hall–Kier alpha value is -1.41. The molecule has 0 saturated carbocycles. The second-order valence-electron chi connectivity index (χ2n) is 4.22. The van der Waals surface area contributed by atoms with E-state index in [1.54, 1.807) is 17.5 Å². The highest BCUT2D eigenvalue weighted by atomic mass is 32.2. The minimum Gasteiger partial charge on any atom is -0.461 e. The molecule has 0 bridgehead atoms. The van der Waals surface area contributed by atoms with E-state index in [0.29, 0.717) is 17.1 Å². The Kier molecular flexibility index (Phi) is 5.54. The van der Waals surface area contributed by atoms with Crippen LogP contribution >= 0.6 is 23.1 Å². The van der Waals surface area contributed by atoms with Gasteiger partial charge >= 0.3 is 6.01 Å². The minimum absolute atomic E-state index is 0.0223. The van der Waals surface area contributed by atoms with Crippen molar-refractivity contribution in [2.45, 2.75) is 42.8 Å². The molecule has 2 heterocycles. The quantitative estimate of drug-likeness (QED) is 0.842.